The molecule has 1 saturated heterocycles. The fourth-order valence-electron chi connectivity index (χ4n) is 4.40. The van der Waals surface area contributed by atoms with Gasteiger partial charge in [-0.2, -0.15) is 5.10 Å². The van der Waals surface area contributed by atoms with Gasteiger partial charge in [-0.1, -0.05) is 67.1 Å². The molecule has 0 spiro atoms. The third-order valence-electron chi connectivity index (χ3n) is 5.87. The Labute approximate surface area is 182 Å². The van der Waals surface area contributed by atoms with Crippen LogP contribution >= 0.6 is 11.6 Å². The summed E-state index contributed by atoms with van der Waals surface area (Å²) in [4.78, 5) is 7.31. The van der Waals surface area contributed by atoms with Crippen molar-refractivity contribution in [1.29, 1.82) is 0 Å². The Morgan fingerprint density at radius 3 is 2.50 bits per heavy atom. The van der Waals surface area contributed by atoms with Gasteiger partial charge in [0.25, 0.3) is 0 Å². The molecule has 0 amide bonds. The van der Waals surface area contributed by atoms with Crippen molar-refractivity contribution in [3.63, 3.8) is 0 Å². The second-order valence-electron chi connectivity index (χ2n) is 8.25. The number of fused-ring (bicyclic) bond motifs is 1. The van der Waals surface area contributed by atoms with Gasteiger partial charge in [0.05, 0.1) is 5.69 Å². The van der Waals surface area contributed by atoms with E-state index in [-0.39, 0.29) is 0 Å². The van der Waals surface area contributed by atoms with Crippen LogP contribution in [-0.4, -0.2) is 32.8 Å². The molecule has 0 unspecified atom stereocenters. The quantitative estimate of drug-likeness (QED) is 0.384. The first-order valence-electron chi connectivity index (χ1n) is 10.6. The minimum atomic E-state index is 0.567. The van der Waals surface area contributed by atoms with Crippen LogP contribution < -0.4 is 0 Å². The summed E-state index contributed by atoms with van der Waals surface area (Å²) in [6.45, 7) is 5.39. The van der Waals surface area contributed by atoms with Crippen molar-refractivity contribution in [2.45, 2.75) is 26.3 Å². The number of hydrogen-bond donors (Lipinski definition) is 0. The molecule has 1 atom stereocenters. The van der Waals surface area contributed by atoms with Crippen LogP contribution in [0.5, 0.6) is 0 Å². The Hall–Kier alpha value is -2.69. The van der Waals surface area contributed by atoms with E-state index in [1.807, 2.05) is 53.2 Å². The summed E-state index contributed by atoms with van der Waals surface area (Å²) in [5.41, 5.74) is 4.86. The first kappa shape index (κ1) is 19.3. The molecule has 1 aliphatic rings. The van der Waals surface area contributed by atoms with Gasteiger partial charge in [-0.3, -0.25) is 4.90 Å². The van der Waals surface area contributed by atoms with Gasteiger partial charge in [0.2, 0.25) is 0 Å². The number of para-hydroxylation sites is 1. The third kappa shape index (κ3) is 3.73. The lowest BCUT2D eigenvalue weighted by Gasteiger charge is -2.30. The minimum absolute atomic E-state index is 0.567. The standard InChI is InChI=1S/C25H25ClN4/c1-18-9-8-14-29(16-18)17-20-15-22-23(19-10-4-2-5-11-19)28-30(25(22)27-24(20)26)21-12-6-3-7-13-21/h2-7,10-13,15,18H,8-9,14,16-17H2,1H3/t18-/m0/s1. The van der Waals surface area contributed by atoms with Gasteiger partial charge in [0.15, 0.2) is 5.65 Å². The molecular formula is C25H25ClN4. The van der Waals surface area contributed by atoms with Crippen molar-refractivity contribution in [1.82, 2.24) is 19.7 Å². The highest BCUT2D eigenvalue weighted by molar-refractivity contribution is 6.30. The van der Waals surface area contributed by atoms with E-state index in [0.717, 1.165) is 59.1 Å². The zero-order chi connectivity index (χ0) is 20.5. The van der Waals surface area contributed by atoms with Gasteiger partial charge in [-0.05, 0) is 43.5 Å². The maximum Gasteiger partial charge on any atom is 0.165 e. The number of hydrogen-bond acceptors (Lipinski definition) is 3. The van der Waals surface area contributed by atoms with Gasteiger partial charge in [0, 0.05) is 29.6 Å². The van der Waals surface area contributed by atoms with Crippen molar-refractivity contribution < 1.29 is 0 Å². The number of benzene rings is 2. The topological polar surface area (TPSA) is 34.0 Å². The predicted molar refractivity (Wildman–Crippen MR) is 123 cm³/mol. The Bertz CT molecular complexity index is 1150. The molecule has 0 N–H and O–H groups in total. The number of nitrogens with zero attached hydrogens (tertiary/aromatic N) is 4. The highest BCUT2D eigenvalue weighted by Gasteiger charge is 2.21. The zero-order valence-electron chi connectivity index (χ0n) is 17.1. The van der Waals surface area contributed by atoms with Gasteiger partial charge >= 0.3 is 0 Å². The molecule has 4 nitrogen and oxygen atoms in total. The molecule has 5 rings (SSSR count). The summed E-state index contributed by atoms with van der Waals surface area (Å²) >= 11 is 6.69. The average molecular weight is 417 g/mol. The molecule has 0 aliphatic carbocycles. The van der Waals surface area contributed by atoms with E-state index in [1.54, 1.807) is 0 Å². The Kier molecular flexibility index (Phi) is 5.28. The van der Waals surface area contributed by atoms with E-state index >= 15 is 0 Å². The SMILES string of the molecule is C[C@H]1CCCN(Cc2cc3c(-c4ccccc4)nn(-c4ccccc4)c3nc2Cl)C1. The summed E-state index contributed by atoms with van der Waals surface area (Å²) in [5.74, 6) is 0.731. The van der Waals surface area contributed by atoms with Crippen molar-refractivity contribution >= 4 is 22.6 Å². The zero-order valence-corrected chi connectivity index (χ0v) is 17.9. The second kappa shape index (κ2) is 8.21. The highest BCUT2D eigenvalue weighted by atomic mass is 35.5. The lowest BCUT2D eigenvalue weighted by Crippen LogP contribution is -2.33. The first-order valence-corrected chi connectivity index (χ1v) is 11.0. The lowest BCUT2D eigenvalue weighted by molar-refractivity contribution is 0.176. The molecule has 1 fully saturated rings. The normalized spacial score (nSPS) is 17.5. The van der Waals surface area contributed by atoms with Crippen LogP contribution in [-0.2, 0) is 6.54 Å². The van der Waals surface area contributed by atoms with Crippen LogP contribution in [0.25, 0.3) is 28.0 Å². The smallest absolute Gasteiger partial charge is 0.165 e. The van der Waals surface area contributed by atoms with Crippen LogP contribution in [0.1, 0.15) is 25.3 Å². The van der Waals surface area contributed by atoms with E-state index in [2.05, 4.69) is 30.0 Å². The molecule has 0 radical (unpaired) electrons. The number of rotatable bonds is 4. The van der Waals surface area contributed by atoms with E-state index in [1.165, 1.54) is 12.8 Å². The fourth-order valence-corrected chi connectivity index (χ4v) is 4.60. The van der Waals surface area contributed by atoms with Gasteiger partial charge in [0.1, 0.15) is 10.8 Å². The van der Waals surface area contributed by atoms with Crippen molar-refractivity contribution in [3.8, 4) is 16.9 Å². The molecule has 5 heteroatoms. The van der Waals surface area contributed by atoms with Crippen molar-refractivity contribution in [3.05, 3.63) is 77.4 Å². The molecule has 3 heterocycles. The van der Waals surface area contributed by atoms with Crippen LogP contribution in [0.15, 0.2) is 66.7 Å². The Morgan fingerprint density at radius 2 is 1.77 bits per heavy atom. The van der Waals surface area contributed by atoms with Crippen LogP contribution in [0.4, 0.5) is 0 Å². The third-order valence-corrected chi connectivity index (χ3v) is 6.19. The summed E-state index contributed by atoms with van der Waals surface area (Å²) in [7, 11) is 0. The summed E-state index contributed by atoms with van der Waals surface area (Å²) in [6, 6.07) is 22.6. The molecule has 2 aromatic heterocycles. The van der Waals surface area contributed by atoms with E-state index < -0.39 is 0 Å². The van der Waals surface area contributed by atoms with Gasteiger partial charge in [-0.15, -0.1) is 0 Å². The maximum atomic E-state index is 6.69. The molecule has 2 aromatic carbocycles. The van der Waals surface area contributed by atoms with Gasteiger partial charge < -0.3 is 0 Å². The van der Waals surface area contributed by atoms with Crippen LogP contribution in [0.2, 0.25) is 5.15 Å². The van der Waals surface area contributed by atoms with Gasteiger partial charge in [-0.25, -0.2) is 9.67 Å². The number of aromatic nitrogens is 3. The molecule has 152 valence electrons. The first-order chi connectivity index (χ1) is 14.7. The predicted octanol–water partition coefficient (Wildman–Crippen LogP) is 5.97. The monoisotopic (exact) mass is 416 g/mol. The number of pyridine rings is 1. The van der Waals surface area contributed by atoms with E-state index in [0.29, 0.717) is 5.15 Å². The van der Waals surface area contributed by atoms with Crippen molar-refractivity contribution in [2.75, 3.05) is 13.1 Å². The molecule has 1 aliphatic heterocycles. The summed E-state index contributed by atoms with van der Waals surface area (Å²) in [5, 5.41) is 6.56. The number of likely N-dealkylation sites (tertiary alicyclic amines) is 1. The number of piperidine rings is 1. The molecule has 0 bridgehead atoms. The molecule has 30 heavy (non-hydrogen) atoms. The lowest BCUT2D eigenvalue weighted by atomic mass is 10.00. The molecule has 4 aromatic rings. The number of halogens is 1. The molecule has 0 saturated carbocycles. The van der Waals surface area contributed by atoms with Crippen LogP contribution in [0, 0.1) is 5.92 Å². The summed E-state index contributed by atoms with van der Waals surface area (Å²) < 4.78 is 1.90. The highest BCUT2D eigenvalue weighted by Crippen LogP contribution is 2.32. The average Bonchev–Trinajstić information content (AvgIpc) is 3.13. The Morgan fingerprint density at radius 1 is 1.03 bits per heavy atom. The maximum absolute atomic E-state index is 6.69. The van der Waals surface area contributed by atoms with Crippen molar-refractivity contribution in [2.24, 2.45) is 5.92 Å². The second-order valence-corrected chi connectivity index (χ2v) is 8.61. The fraction of sp³-hybridized carbons (Fsp3) is 0.280. The Balaban J connectivity index is 1.64. The van der Waals surface area contributed by atoms with Crippen LogP contribution in [0.3, 0.4) is 0 Å². The molecular weight excluding hydrogens is 392 g/mol. The largest absolute Gasteiger partial charge is 0.299 e. The van der Waals surface area contributed by atoms with E-state index in [4.69, 9.17) is 21.7 Å². The summed E-state index contributed by atoms with van der Waals surface area (Å²) in [6.07, 6.45) is 2.55. The van der Waals surface area contributed by atoms with E-state index in [9.17, 15) is 0 Å². The minimum Gasteiger partial charge on any atom is -0.299 e.